The number of nitro groups is 1. The second kappa shape index (κ2) is 30.2. The number of halogens is 9. The number of nitrogens with zero attached hydrogens (tertiary/aromatic N) is 5. The number of carbonyl (C=O) groups is 6. The van der Waals surface area contributed by atoms with E-state index in [4.69, 9.17) is 60.6 Å². The monoisotopic (exact) mass is 1320 g/mol. The van der Waals surface area contributed by atoms with Crippen molar-refractivity contribution in [3.05, 3.63) is 126 Å². The van der Waals surface area contributed by atoms with Crippen LogP contribution in [0.3, 0.4) is 0 Å². The minimum absolute atomic E-state index is 0.0223. The Hall–Kier alpha value is -6.02. The Morgan fingerprint density at radius 2 is 1.61 bits per heavy atom. The van der Waals surface area contributed by atoms with Crippen LogP contribution in [-0.4, -0.2) is 114 Å². The van der Waals surface area contributed by atoms with E-state index in [1.165, 1.54) is 0 Å². The second-order valence-electron chi connectivity index (χ2n) is 19.0. The van der Waals surface area contributed by atoms with E-state index in [0.29, 0.717) is 30.1 Å². The van der Waals surface area contributed by atoms with E-state index < -0.39 is 88.3 Å². The van der Waals surface area contributed by atoms with Crippen molar-refractivity contribution in [3.8, 4) is 17.0 Å². The van der Waals surface area contributed by atoms with Crippen molar-refractivity contribution < 1.29 is 73.9 Å². The van der Waals surface area contributed by atoms with Gasteiger partial charge < -0.3 is 24.0 Å². The summed E-state index contributed by atoms with van der Waals surface area (Å²) in [7, 11) is -0.978. The van der Waals surface area contributed by atoms with E-state index in [9.17, 15) is 64.9 Å². The number of carbonyl (C=O) groups excluding carboxylic acids is 6. The lowest BCUT2D eigenvalue weighted by Crippen LogP contribution is -2.47. The van der Waals surface area contributed by atoms with Crippen molar-refractivity contribution in [2.45, 2.75) is 101 Å². The van der Waals surface area contributed by atoms with Crippen LogP contribution >= 0.6 is 62.3 Å². The average molecular weight is 1330 g/mol. The molecule has 2 amide bonds. The fourth-order valence-corrected chi connectivity index (χ4v) is 10.6. The predicted octanol–water partition coefficient (Wildman–Crippen LogP) is 12.1. The third kappa shape index (κ3) is 17.5. The highest BCUT2D eigenvalue weighted by molar-refractivity contribution is 9.10. The van der Waals surface area contributed by atoms with E-state index >= 15 is 0 Å². The maximum atomic E-state index is 14.3. The summed E-state index contributed by atoms with van der Waals surface area (Å²) in [5.74, 6) is -5.09. The summed E-state index contributed by atoms with van der Waals surface area (Å²) in [6, 6.07) is 18.0. The normalized spacial score (nSPS) is 14.7. The van der Waals surface area contributed by atoms with Crippen molar-refractivity contribution in [3.63, 3.8) is 0 Å². The molecule has 83 heavy (non-hydrogen) atoms. The lowest BCUT2D eigenvalue weighted by atomic mass is 9.81. The van der Waals surface area contributed by atoms with Gasteiger partial charge in [0.05, 0.1) is 66.6 Å². The molecule has 0 spiro atoms. The summed E-state index contributed by atoms with van der Waals surface area (Å²) in [5.41, 5.74) is 0.904. The highest BCUT2D eigenvalue weighted by atomic mass is 79.9. The molecule has 0 N–H and O–H groups in total. The van der Waals surface area contributed by atoms with Crippen molar-refractivity contribution >= 4 is 124 Å². The van der Waals surface area contributed by atoms with E-state index in [-0.39, 0.29) is 69.4 Å². The number of hydrogen-bond donors (Lipinski definition) is 0. The lowest BCUT2D eigenvalue weighted by Gasteiger charge is -2.35. The number of Topliss-reactive ketones (excluding diaryl/α,β-unsaturated/α-hetero) is 3. The molecule has 4 aromatic carbocycles. The molecule has 5 aromatic rings. The van der Waals surface area contributed by atoms with Gasteiger partial charge in [-0.15, -0.1) is 11.6 Å². The Kier molecular flexibility index (Phi) is 25.3. The number of esters is 1. The zero-order valence-corrected chi connectivity index (χ0v) is 51.5. The van der Waals surface area contributed by atoms with E-state index in [2.05, 4.69) is 34.0 Å². The molecule has 28 heteroatoms. The maximum Gasteiger partial charge on any atom is 0.434 e. The van der Waals surface area contributed by atoms with Crippen molar-refractivity contribution in [1.29, 1.82) is 0 Å². The van der Waals surface area contributed by atoms with Gasteiger partial charge in [-0.1, -0.05) is 72.1 Å². The number of anilines is 2. The van der Waals surface area contributed by atoms with Crippen LogP contribution in [0.1, 0.15) is 91.4 Å². The van der Waals surface area contributed by atoms with Gasteiger partial charge in [-0.3, -0.25) is 38.8 Å². The van der Waals surface area contributed by atoms with Crippen molar-refractivity contribution in [2.24, 2.45) is 13.0 Å². The fourth-order valence-electron chi connectivity index (χ4n) is 8.66. The number of hydrogen-bond acceptors (Lipinski definition) is 14. The van der Waals surface area contributed by atoms with Gasteiger partial charge in [0.15, 0.2) is 37.7 Å². The van der Waals surface area contributed by atoms with Gasteiger partial charge in [-0.05, 0) is 111 Å². The summed E-state index contributed by atoms with van der Waals surface area (Å²) in [4.78, 5) is 84.4. The van der Waals surface area contributed by atoms with Crippen LogP contribution < -0.4 is 14.5 Å². The Bertz CT molecular complexity index is 3350. The predicted molar refractivity (Wildman–Crippen MR) is 309 cm³/mol. The first kappa shape index (κ1) is 69.5. The van der Waals surface area contributed by atoms with Gasteiger partial charge in [-0.25, -0.2) is 17.6 Å². The quantitative estimate of drug-likeness (QED) is 0.0191. The molecular weight excluding hydrogens is 1270 g/mol. The molecule has 2 unspecified atom stereocenters. The molecule has 0 bridgehead atoms. The number of ether oxygens (including phenoxy) is 3. The third-order valence-corrected chi connectivity index (χ3v) is 15.2. The molecule has 1 aliphatic heterocycles. The number of rotatable bonds is 14. The molecule has 2 heterocycles. The van der Waals surface area contributed by atoms with Crippen LogP contribution in [0.4, 0.5) is 34.6 Å². The summed E-state index contributed by atoms with van der Waals surface area (Å²) < 4.78 is 92.3. The number of benzene rings is 4. The number of nitro benzene ring substituents is 1. The zero-order chi connectivity index (χ0) is 62.6. The first-order valence-corrected chi connectivity index (χ1v) is 29.6. The molecule has 1 fully saturated rings. The topological polar surface area (TPSA) is 232 Å². The van der Waals surface area contributed by atoms with Crippen LogP contribution in [0.2, 0.25) is 5.02 Å². The molecule has 2 aliphatic rings. The van der Waals surface area contributed by atoms with Gasteiger partial charge in [0.25, 0.3) is 11.6 Å². The standard InChI is InChI=1S/C15H12BrClF4N2O2.C15H22ClNO2.C14H13NO7S.C11H11Cl2NO2/c1-6(2)25-14(24)7-4-8(10(18)5-9(7)17)12-11(16)13(15(19,20)21)23(3)22-12;1-5-13-8-6-7-11(2)15(13)17(14(18)9-16)12(3)10-19-4;1-23(21,22)8-5-6-9(10(7-8)15(19)20)14(18)13-11(16)3-2-4-12(13)17;1-7-6-16-9-5-3-2-4-8(9)14(7)11(15)10(12)13/h4-6H,1-3H3;6-8,12H,5,9-10H2,1-4H3;5-7,13H,2-4H2,1H3;2-5,7,10H,6H2,1H3. The molecule has 1 aliphatic carbocycles. The number of amides is 2. The number of alkyl halides is 6. The van der Waals surface area contributed by atoms with Crippen LogP contribution in [0, 0.1) is 28.8 Å². The average Bonchev–Trinajstić information content (AvgIpc) is 3.14. The first-order valence-electron chi connectivity index (χ1n) is 25.1. The van der Waals surface area contributed by atoms with E-state index in [0.717, 1.165) is 72.6 Å². The Morgan fingerprint density at radius 3 is 2.14 bits per heavy atom. The second-order valence-corrected chi connectivity index (χ2v) is 23.5. The molecular formula is C55H58BrCl4F4N5O13S. The molecule has 18 nitrogen and oxygen atoms in total. The number of aromatic nitrogens is 2. The highest BCUT2D eigenvalue weighted by Gasteiger charge is 2.41. The number of fused-ring (bicyclic) bond motifs is 1. The first-order chi connectivity index (χ1) is 38.7. The van der Waals surface area contributed by atoms with Gasteiger partial charge in [-0.2, -0.15) is 18.3 Å². The lowest BCUT2D eigenvalue weighted by molar-refractivity contribution is -0.385. The molecule has 0 saturated heterocycles. The minimum atomic E-state index is -4.69. The Labute approximate surface area is 504 Å². The van der Waals surface area contributed by atoms with Crippen LogP contribution in [0.25, 0.3) is 11.3 Å². The summed E-state index contributed by atoms with van der Waals surface area (Å²) in [6.07, 6.45) is -2.90. The van der Waals surface area contributed by atoms with Crippen molar-refractivity contribution in [1.82, 2.24) is 9.78 Å². The maximum absolute atomic E-state index is 14.3. The number of methoxy groups -OCH3 is 1. The number of ketones is 3. The molecule has 2 atom stereocenters. The Morgan fingerprint density at radius 1 is 0.988 bits per heavy atom. The molecule has 1 saturated carbocycles. The molecule has 1 aromatic heterocycles. The SMILES string of the molecule is CC(C)OC(=O)c1cc(-c2nn(C)c(C(F)(F)F)c2Br)c(F)cc1Cl.CC1COc2ccccc2N1C(=O)C(Cl)Cl.CCc1cccc(C)c1N(C(=O)CCl)C(C)COC.CS(=O)(=O)c1ccc(C(=O)C2C(=O)CCCC2=O)c([N+](=O)[O-])c1. The fraction of sp³-hybridized carbons (Fsp3) is 0.400. The van der Waals surface area contributed by atoms with Crippen LogP contribution in [0.15, 0.2) is 82.2 Å². The Balaban J connectivity index is 0.000000241. The van der Waals surface area contributed by atoms with E-state index in [1.807, 2.05) is 57.2 Å². The molecule has 450 valence electrons. The molecule has 7 rings (SSSR count). The van der Waals surface area contributed by atoms with Gasteiger partial charge >= 0.3 is 12.1 Å². The van der Waals surface area contributed by atoms with Gasteiger partial charge in [0.2, 0.25) is 5.91 Å². The summed E-state index contributed by atoms with van der Waals surface area (Å²) in [6.45, 7) is 12.1. The summed E-state index contributed by atoms with van der Waals surface area (Å²) in [5, 5.41) is 14.6. The van der Waals surface area contributed by atoms with Gasteiger partial charge in [0, 0.05) is 44.9 Å². The molecule has 0 radical (unpaired) electrons. The number of para-hydroxylation sites is 3. The highest BCUT2D eigenvalue weighted by Crippen LogP contribution is 2.42. The number of aryl methyl sites for hydroxylation is 3. The number of sulfone groups is 1. The zero-order valence-electron chi connectivity index (χ0n) is 46.1. The summed E-state index contributed by atoms with van der Waals surface area (Å²) >= 11 is 25.7. The smallest absolute Gasteiger partial charge is 0.434 e. The van der Waals surface area contributed by atoms with Gasteiger partial charge in [0.1, 0.15) is 35.7 Å². The largest absolute Gasteiger partial charge is 0.489 e. The van der Waals surface area contributed by atoms with Crippen LogP contribution in [-0.2, 0) is 58.1 Å². The van der Waals surface area contributed by atoms with E-state index in [1.54, 1.807) is 30.8 Å². The van der Waals surface area contributed by atoms with Crippen LogP contribution in [0.5, 0.6) is 5.75 Å². The van der Waals surface area contributed by atoms with Crippen molar-refractivity contribution in [2.75, 3.05) is 42.3 Å². The third-order valence-electron chi connectivity index (χ3n) is 12.4. The minimum Gasteiger partial charge on any atom is -0.489 e.